The van der Waals surface area contributed by atoms with Gasteiger partial charge in [-0.1, -0.05) is 23.3 Å². The second-order valence-corrected chi connectivity index (χ2v) is 3.16. The number of anilines is 1. The number of isocyanates is 1. The number of rotatable bonds is 2. The number of hydrogen-bond donors (Lipinski definition) is 1. The second kappa shape index (κ2) is 3.94. The van der Waals surface area contributed by atoms with E-state index in [-0.39, 0.29) is 5.91 Å². The second-order valence-electron chi connectivity index (χ2n) is 3.16. The van der Waals surface area contributed by atoms with Crippen LogP contribution in [0.1, 0.15) is 12.0 Å². The van der Waals surface area contributed by atoms with Gasteiger partial charge in [0.1, 0.15) is 0 Å². The molecule has 1 aliphatic heterocycles. The third kappa shape index (κ3) is 1.73. The third-order valence-electron chi connectivity index (χ3n) is 2.29. The predicted molar refractivity (Wildman–Crippen MR) is 53.5 cm³/mol. The van der Waals surface area contributed by atoms with E-state index in [2.05, 4.69) is 10.6 Å². The van der Waals surface area contributed by atoms with Crippen molar-refractivity contribution in [1.29, 1.82) is 0 Å². The molecule has 1 aliphatic rings. The van der Waals surface area contributed by atoms with Gasteiger partial charge >= 0.3 is 0 Å². The smallest absolute Gasteiger partial charge is 0.259 e. The molecule has 1 amide bonds. The van der Waals surface area contributed by atoms with Crippen LogP contribution in [0.5, 0.6) is 0 Å². The molecule has 76 valence electrons. The van der Waals surface area contributed by atoms with Crippen LogP contribution in [0.25, 0.3) is 0 Å². The number of carbonyl (C=O) groups excluding carboxylic acids is 2. The standard InChI is InChI=1S/C10H9N3O2/c14-7-11-12-13-9-4-2-1-3-8(9)5-6-10(13)15/h1-4,12H,5-6H2. The molecule has 5 nitrogen and oxygen atoms in total. The summed E-state index contributed by atoms with van der Waals surface area (Å²) in [4.78, 5) is 21.5. The maximum Gasteiger partial charge on any atom is 0.259 e. The van der Waals surface area contributed by atoms with Gasteiger partial charge < -0.3 is 0 Å². The zero-order chi connectivity index (χ0) is 10.7. The number of hydrazine groups is 1. The fraction of sp³-hybridized carbons (Fsp3) is 0.200. The first kappa shape index (κ1) is 9.43. The molecule has 0 atom stereocenters. The number of nitrogens with zero attached hydrogens (tertiary/aromatic N) is 2. The first-order valence-corrected chi connectivity index (χ1v) is 4.56. The molecule has 1 heterocycles. The molecule has 0 unspecified atom stereocenters. The Balaban J connectivity index is 2.36. The summed E-state index contributed by atoms with van der Waals surface area (Å²) in [7, 11) is 0. The lowest BCUT2D eigenvalue weighted by atomic mass is 10.0. The number of benzene rings is 1. The van der Waals surface area contributed by atoms with Crippen molar-refractivity contribution in [2.75, 3.05) is 5.01 Å². The molecular weight excluding hydrogens is 194 g/mol. The summed E-state index contributed by atoms with van der Waals surface area (Å²) in [5, 5.41) is 4.46. The van der Waals surface area contributed by atoms with Crippen LogP contribution in [-0.4, -0.2) is 12.0 Å². The minimum absolute atomic E-state index is 0.104. The van der Waals surface area contributed by atoms with Crippen LogP contribution in [-0.2, 0) is 16.0 Å². The van der Waals surface area contributed by atoms with E-state index in [4.69, 9.17) is 0 Å². The van der Waals surface area contributed by atoms with Gasteiger partial charge in [0, 0.05) is 6.42 Å². The minimum Gasteiger partial charge on any atom is -0.273 e. The van der Waals surface area contributed by atoms with Crippen LogP contribution in [0.3, 0.4) is 0 Å². The molecule has 0 spiro atoms. The lowest BCUT2D eigenvalue weighted by Gasteiger charge is -2.27. The Morgan fingerprint density at radius 3 is 2.93 bits per heavy atom. The average Bonchev–Trinajstić information content (AvgIpc) is 2.28. The fourth-order valence-electron chi connectivity index (χ4n) is 1.61. The van der Waals surface area contributed by atoms with E-state index in [1.807, 2.05) is 18.2 Å². The van der Waals surface area contributed by atoms with Crippen molar-refractivity contribution in [3.63, 3.8) is 0 Å². The Labute approximate surface area is 86.4 Å². The summed E-state index contributed by atoms with van der Waals surface area (Å²) in [6.45, 7) is 0. The summed E-state index contributed by atoms with van der Waals surface area (Å²) in [6, 6.07) is 7.49. The molecule has 5 heteroatoms. The van der Waals surface area contributed by atoms with E-state index in [1.54, 1.807) is 6.07 Å². The van der Waals surface area contributed by atoms with E-state index < -0.39 is 0 Å². The molecule has 0 aliphatic carbocycles. The van der Waals surface area contributed by atoms with Crippen LogP contribution < -0.4 is 10.5 Å². The van der Waals surface area contributed by atoms with Crippen molar-refractivity contribution in [1.82, 2.24) is 5.53 Å². The molecule has 0 saturated carbocycles. The molecule has 0 aromatic heterocycles. The number of hydrogen-bond acceptors (Lipinski definition) is 4. The number of nitrogens with one attached hydrogen (secondary N) is 1. The van der Waals surface area contributed by atoms with Gasteiger partial charge in [-0.25, -0.2) is 15.3 Å². The molecular formula is C10H9N3O2. The number of amides is 1. The Morgan fingerprint density at radius 2 is 2.13 bits per heavy atom. The average molecular weight is 203 g/mol. The zero-order valence-corrected chi connectivity index (χ0v) is 7.93. The Morgan fingerprint density at radius 1 is 1.33 bits per heavy atom. The van der Waals surface area contributed by atoms with Gasteiger partial charge in [-0.15, -0.1) is 0 Å². The Kier molecular flexibility index (Phi) is 2.48. The summed E-state index contributed by atoms with van der Waals surface area (Å²) in [5.41, 5.74) is 4.17. The topological polar surface area (TPSA) is 61.8 Å². The highest BCUT2D eigenvalue weighted by molar-refractivity contribution is 5.95. The van der Waals surface area contributed by atoms with Crippen molar-refractivity contribution >= 4 is 17.7 Å². The molecule has 15 heavy (non-hydrogen) atoms. The Bertz CT molecular complexity index is 438. The van der Waals surface area contributed by atoms with Gasteiger partial charge in [0.2, 0.25) is 5.91 Å². The van der Waals surface area contributed by atoms with E-state index in [1.165, 1.54) is 11.1 Å². The van der Waals surface area contributed by atoms with Gasteiger partial charge in [0.15, 0.2) is 0 Å². The van der Waals surface area contributed by atoms with Crippen LogP contribution >= 0.6 is 0 Å². The summed E-state index contributed by atoms with van der Waals surface area (Å²) in [6.07, 6.45) is 2.47. The molecule has 2 rings (SSSR count). The van der Waals surface area contributed by atoms with Crippen LogP contribution in [0.2, 0.25) is 0 Å². The predicted octanol–water partition coefficient (Wildman–Crippen LogP) is 0.721. The van der Waals surface area contributed by atoms with Gasteiger partial charge in [-0.3, -0.25) is 4.79 Å². The number of hydrazone groups is 1. The molecule has 1 aromatic rings. The van der Waals surface area contributed by atoms with Crippen molar-refractivity contribution < 1.29 is 9.59 Å². The third-order valence-corrected chi connectivity index (χ3v) is 2.29. The molecule has 0 fully saturated rings. The number of fused-ring (bicyclic) bond motifs is 1. The quantitative estimate of drug-likeness (QED) is 0.437. The maximum absolute atomic E-state index is 11.5. The van der Waals surface area contributed by atoms with Crippen LogP contribution in [0, 0.1) is 0 Å². The van der Waals surface area contributed by atoms with Gasteiger partial charge in [-0.05, 0) is 18.1 Å². The molecule has 0 saturated heterocycles. The highest BCUT2D eigenvalue weighted by atomic mass is 16.2. The Hall–Kier alpha value is -2.13. The monoisotopic (exact) mass is 203 g/mol. The van der Waals surface area contributed by atoms with E-state index in [0.717, 1.165) is 17.7 Å². The highest BCUT2D eigenvalue weighted by Gasteiger charge is 2.23. The normalized spacial score (nSPS) is 14.1. The molecule has 1 aromatic carbocycles. The summed E-state index contributed by atoms with van der Waals surface area (Å²) in [5.74, 6) is -0.104. The highest BCUT2D eigenvalue weighted by Crippen LogP contribution is 2.25. The summed E-state index contributed by atoms with van der Waals surface area (Å²) < 4.78 is 0. The number of para-hydroxylation sites is 1. The van der Waals surface area contributed by atoms with Gasteiger partial charge in [0.05, 0.1) is 5.69 Å². The van der Waals surface area contributed by atoms with Crippen molar-refractivity contribution in [3.8, 4) is 0 Å². The minimum atomic E-state index is -0.104. The maximum atomic E-state index is 11.5. The van der Waals surface area contributed by atoms with Crippen LogP contribution in [0.15, 0.2) is 29.4 Å². The van der Waals surface area contributed by atoms with Crippen molar-refractivity contribution in [3.05, 3.63) is 29.8 Å². The van der Waals surface area contributed by atoms with Gasteiger partial charge in [0.25, 0.3) is 6.08 Å². The summed E-state index contributed by atoms with van der Waals surface area (Å²) >= 11 is 0. The number of aryl methyl sites for hydroxylation is 1. The first-order chi connectivity index (χ1) is 7.33. The largest absolute Gasteiger partial charge is 0.273 e. The van der Waals surface area contributed by atoms with Crippen LogP contribution in [0.4, 0.5) is 5.69 Å². The molecule has 0 bridgehead atoms. The van der Waals surface area contributed by atoms with Crippen molar-refractivity contribution in [2.24, 2.45) is 5.10 Å². The fourth-order valence-corrected chi connectivity index (χ4v) is 1.61. The first-order valence-electron chi connectivity index (χ1n) is 4.56. The van der Waals surface area contributed by atoms with E-state index >= 15 is 0 Å². The van der Waals surface area contributed by atoms with E-state index in [0.29, 0.717) is 6.42 Å². The van der Waals surface area contributed by atoms with Crippen molar-refractivity contribution in [2.45, 2.75) is 12.8 Å². The lowest BCUT2D eigenvalue weighted by molar-refractivity contribution is -0.119. The zero-order valence-electron chi connectivity index (χ0n) is 7.93. The number of carbonyl (C=O) groups is 1. The van der Waals surface area contributed by atoms with Gasteiger partial charge in [-0.2, -0.15) is 0 Å². The van der Waals surface area contributed by atoms with E-state index in [9.17, 15) is 9.59 Å². The molecule has 1 N–H and O–H groups in total. The molecule has 0 radical (unpaired) electrons. The lowest BCUT2D eigenvalue weighted by Crippen LogP contribution is -2.43. The SMILES string of the molecule is O=C=NNN1C(=O)CCc2ccccc21.